The van der Waals surface area contributed by atoms with Gasteiger partial charge in [0.2, 0.25) is 5.75 Å². The van der Waals surface area contributed by atoms with Gasteiger partial charge in [0.15, 0.2) is 17.6 Å². The van der Waals surface area contributed by atoms with E-state index in [2.05, 4.69) is 5.32 Å². The Labute approximate surface area is 177 Å². The van der Waals surface area contributed by atoms with Crippen LogP contribution in [0.5, 0.6) is 17.2 Å². The molecule has 4 saturated carbocycles. The summed E-state index contributed by atoms with van der Waals surface area (Å²) in [7, 11) is 4.42. The van der Waals surface area contributed by atoms with Crippen LogP contribution >= 0.6 is 0 Å². The van der Waals surface area contributed by atoms with E-state index in [4.69, 9.17) is 18.9 Å². The largest absolute Gasteiger partial charge is 0.493 e. The first-order chi connectivity index (χ1) is 14.4. The molecule has 4 aliphatic rings. The summed E-state index contributed by atoms with van der Waals surface area (Å²) in [6.07, 6.45) is 6.16. The van der Waals surface area contributed by atoms with E-state index >= 15 is 0 Å². The third-order valence-electron chi connectivity index (χ3n) is 7.00. The Morgan fingerprint density at radius 1 is 0.933 bits per heavy atom. The van der Waals surface area contributed by atoms with E-state index in [0.717, 1.165) is 37.0 Å². The lowest BCUT2D eigenvalue weighted by Crippen LogP contribution is -2.61. The average molecular weight is 418 g/mol. The fraction of sp³-hybridized carbons (Fsp3) is 0.652. The number of ether oxygens (including phenoxy) is 4. The summed E-state index contributed by atoms with van der Waals surface area (Å²) in [4.78, 5) is 25.7. The molecule has 0 radical (unpaired) electrons. The van der Waals surface area contributed by atoms with Crippen molar-refractivity contribution < 1.29 is 28.5 Å². The lowest BCUT2D eigenvalue weighted by atomic mass is 9.53. The van der Waals surface area contributed by atoms with Gasteiger partial charge in [0, 0.05) is 5.54 Å². The molecule has 1 N–H and O–H groups in total. The number of methoxy groups -OCH3 is 3. The first kappa shape index (κ1) is 20.8. The summed E-state index contributed by atoms with van der Waals surface area (Å²) in [6, 6.07) is 3.16. The molecule has 4 aliphatic carbocycles. The predicted molar refractivity (Wildman–Crippen MR) is 110 cm³/mol. The predicted octanol–water partition coefficient (Wildman–Crippen LogP) is 3.34. The van der Waals surface area contributed by atoms with E-state index in [-0.39, 0.29) is 22.8 Å². The first-order valence-electron chi connectivity index (χ1n) is 10.7. The van der Waals surface area contributed by atoms with E-state index < -0.39 is 12.1 Å². The third kappa shape index (κ3) is 3.70. The van der Waals surface area contributed by atoms with Gasteiger partial charge in [-0.1, -0.05) is 0 Å². The van der Waals surface area contributed by atoms with Crippen LogP contribution in [0.25, 0.3) is 0 Å². The standard InChI is InChI=1S/C23H31NO6/c1-13(21(25)24-23-10-14-7-15(11-23)9-16(8-14)12-23)30-22(26)17-5-6-18(27-2)20(29-4)19(17)28-3/h5-6,13-16H,7-12H2,1-4H3,(H,24,25)/t13-,14?,15?,16?,23?/m1/s1. The quantitative estimate of drug-likeness (QED) is 0.685. The van der Waals surface area contributed by atoms with Gasteiger partial charge in [-0.3, -0.25) is 4.79 Å². The van der Waals surface area contributed by atoms with Crippen molar-refractivity contribution in [3.05, 3.63) is 17.7 Å². The highest BCUT2D eigenvalue weighted by molar-refractivity contribution is 5.96. The zero-order valence-electron chi connectivity index (χ0n) is 18.2. The molecule has 30 heavy (non-hydrogen) atoms. The van der Waals surface area contributed by atoms with Crippen LogP contribution in [0, 0.1) is 17.8 Å². The number of benzene rings is 1. The zero-order valence-corrected chi connectivity index (χ0v) is 18.2. The Balaban J connectivity index is 1.44. The molecule has 0 unspecified atom stereocenters. The fourth-order valence-corrected chi connectivity index (χ4v) is 6.17. The molecule has 0 aliphatic heterocycles. The molecule has 4 fully saturated rings. The highest BCUT2D eigenvalue weighted by Crippen LogP contribution is 2.55. The Hall–Kier alpha value is -2.44. The maximum atomic E-state index is 12.9. The Kier molecular flexibility index (Phi) is 5.55. The van der Waals surface area contributed by atoms with Crippen LogP contribution in [0.3, 0.4) is 0 Å². The molecular weight excluding hydrogens is 386 g/mol. The number of esters is 1. The molecule has 0 saturated heterocycles. The Morgan fingerprint density at radius 2 is 1.50 bits per heavy atom. The van der Waals surface area contributed by atoms with E-state index in [1.165, 1.54) is 40.6 Å². The maximum absolute atomic E-state index is 12.9. The smallest absolute Gasteiger partial charge is 0.342 e. The summed E-state index contributed by atoms with van der Waals surface area (Å²) in [5.74, 6) is 2.28. The summed E-state index contributed by atoms with van der Waals surface area (Å²) >= 11 is 0. The Bertz CT molecular complexity index is 800. The van der Waals surface area contributed by atoms with Gasteiger partial charge in [-0.15, -0.1) is 0 Å². The van der Waals surface area contributed by atoms with Crippen LogP contribution in [0.4, 0.5) is 0 Å². The van der Waals surface area contributed by atoms with Crippen molar-refractivity contribution in [2.45, 2.75) is 57.1 Å². The van der Waals surface area contributed by atoms with E-state index in [9.17, 15) is 9.59 Å². The summed E-state index contributed by atoms with van der Waals surface area (Å²) in [5, 5.41) is 3.26. The maximum Gasteiger partial charge on any atom is 0.342 e. The van der Waals surface area contributed by atoms with Gasteiger partial charge < -0.3 is 24.3 Å². The molecule has 0 heterocycles. The summed E-state index contributed by atoms with van der Waals surface area (Å²) in [6.45, 7) is 1.61. The molecule has 1 aromatic rings. The van der Waals surface area contributed by atoms with E-state index in [1.807, 2.05) is 0 Å². The number of rotatable bonds is 7. The monoisotopic (exact) mass is 417 g/mol. The van der Waals surface area contributed by atoms with Crippen LogP contribution in [-0.4, -0.2) is 44.8 Å². The van der Waals surface area contributed by atoms with Crippen molar-refractivity contribution in [2.75, 3.05) is 21.3 Å². The van der Waals surface area contributed by atoms with E-state index in [0.29, 0.717) is 11.5 Å². The van der Waals surface area contributed by atoms with Gasteiger partial charge in [-0.2, -0.15) is 0 Å². The molecule has 1 aromatic carbocycles. The van der Waals surface area contributed by atoms with Gasteiger partial charge in [0.1, 0.15) is 5.56 Å². The van der Waals surface area contributed by atoms with Crippen LogP contribution in [0.15, 0.2) is 12.1 Å². The van der Waals surface area contributed by atoms with Crippen LogP contribution in [0.2, 0.25) is 0 Å². The lowest BCUT2D eigenvalue weighted by Gasteiger charge is -2.57. The molecule has 5 rings (SSSR count). The van der Waals surface area contributed by atoms with Crippen molar-refractivity contribution in [1.29, 1.82) is 0 Å². The van der Waals surface area contributed by atoms with Crippen molar-refractivity contribution in [1.82, 2.24) is 5.32 Å². The normalized spacial score (nSPS) is 29.8. The number of amides is 1. The van der Waals surface area contributed by atoms with Gasteiger partial charge >= 0.3 is 5.97 Å². The molecule has 164 valence electrons. The third-order valence-corrected chi connectivity index (χ3v) is 7.00. The molecule has 7 nitrogen and oxygen atoms in total. The highest BCUT2D eigenvalue weighted by Gasteiger charge is 2.51. The van der Waals surface area contributed by atoms with Crippen molar-refractivity contribution in [2.24, 2.45) is 17.8 Å². The van der Waals surface area contributed by atoms with E-state index in [1.54, 1.807) is 19.1 Å². The second-order valence-corrected chi connectivity index (χ2v) is 9.12. The molecule has 4 bridgehead atoms. The second kappa shape index (κ2) is 8.00. The number of carbonyl (C=O) groups excluding carboxylic acids is 2. The van der Waals surface area contributed by atoms with Crippen LogP contribution in [-0.2, 0) is 9.53 Å². The number of carbonyl (C=O) groups is 2. The Morgan fingerprint density at radius 3 is 2.00 bits per heavy atom. The number of hydrogen-bond acceptors (Lipinski definition) is 6. The fourth-order valence-electron chi connectivity index (χ4n) is 6.17. The summed E-state index contributed by atoms with van der Waals surface area (Å²) in [5.41, 5.74) is 0.0673. The van der Waals surface area contributed by atoms with Crippen molar-refractivity contribution in [3.8, 4) is 17.2 Å². The van der Waals surface area contributed by atoms with Gasteiger partial charge in [0.25, 0.3) is 5.91 Å². The van der Waals surface area contributed by atoms with Crippen molar-refractivity contribution in [3.63, 3.8) is 0 Å². The summed E-state index contributed by atoms with van der Waals surface area (Å²) < 4.78 is 21.4. The second-order valence-electron chi connectivity index (χ2n) is 9.12. The average Bonchev–Trinajstić information content (AvgIpc) is 2.70. The number of hydrogen-bond donors (Lipinski definition) is 1. The minimum atomic E-state index is -0.900. The molecule has 0 aromatic heterocycles. The minimum Gasteiger partial charge on any atom is -0.493 e. The molecule has 1 atom stereocenters. The molecule has 1 amide bonds. The SMILES string of the molecule is COc1ccc(C(=O)O[C@H](C)C(=O)NC23CC4CC(CC(C4)C2)C3)c(OC)c1OC. The van der Waals surface area contributed by atoms with Crippen molar-refractivity contribution >= 4 is 11.9 Å². The molecule has 7 heteroatoms. The van der Waals surface area contributed by atoms with Gasteiger partial charge in [0.05, 0.1) is 21.3 Å². The topological polar surface area (TPSA) is 83.1 Å². The van der Waals surface area contributed by atoms with Crippen LogP contribution in [0.1, 0.15) is 55.8 Å². The molecule has 0 spiro atoms. The van der Waals surface area contributed by atoms with Crippen LogP contribution < -0.4 is 19.5 Å². The zero-order chi connectivity index (χ0) is 21.5. The highest BCUT2D eigenvalue weighted by atomic mass is 16.6. The lowest BCUT2D eigenvalue weighted by molar-refractivity contribution is -0.134. The minimum absolute atomic E-state index is 0.118. The van der Waals surface area contributed by atoms with Gasteiger partial charge in [-0.05, 0) is 75.3 Å². The first-order valence-corrected chi connectivity index (χ1v) is 10.7. The van der Waals surface area contributed by atoms with Gasteiger partial charge in [-0.25, -0.2) is 4.79 Å². The number of nitrogens with one attached hydrogen (secondary N) is 1. The molecular formula is C23H31NO6.